The van der Waals surface area contributed by atoms with Gasteiger partial charge in [0.25, 0.3) is 5.91 Å². The van der Waals surface area contributed by atoms with E-state index in [1.54, 1.807) is 26.4 Å². The molecule has 5 nitrogen and oxygen atoms in total. The van der Waals surface area contributed by atoms with Gasteiger partial charge in [0.2, 0.25) is 0 Å². The molecule has 1 amide bonds. The van der Waals surface area contributed by atoms with Crippen LogP contribution in [0.25, 0.3) is 0 Å². The molecule has 1 saturated heterocycles. The second-order valence-electron chi connectivity index (χ2n) is 6.29. The predicted octanol–water partition coefficient (Wildman–Crippen LogP) is 4.33. The molecule has 0 bridgehead atoms. The first kappa shape index (κ1) is 18.7. The maximum atomic E-state index is 12.5. The minimum Gasteiger partial charge on any atom is -0.497 e. The Hall–Kier alpha value is -2.05. The highest BCUT2D eigenvalue weighted by atomic mass is 79.9. The SMILES string of the molecule is COc1ccc(Br)c(C(=O)Nc2ccc(N3CCCC(OC)C3)cc2)c1. The van der Waals surface area contributed by atoms with Crippen LogP contribution in [0.4, 0.5) is 11.4 Å². The molecule has 2 aromatic rings. The van der Waals surface area contributed by atoms with Gasteiger partial charge in [-0.15, -0.1) is 0 Å². The maximum absolute atomic E-state index is 12.5. The molecule has 2 aromatic carbocycles. The van der Waals surface area contributed by atoms with Crippen molar-refractivity contribution >= 4 is 33.2 Å². The molecular weight excluding hydrogens is 396 g/mol. The summed E-state index contributed by atoms with van der Waals surface area (Å²) in [6.07, 6.45) is 2.52. The molecular formula is C20H23BrN2O3. The van der Waals surface area contributed by atoms with Crippen LogP contribution in [0.15, 0.2) is 46.9 Å². The Kier molecular flexibility index (Phi) is 6.16. The summed E-state index contributed by atoms with van der Waals surface area (Å²) in [6, 6.07) is 13.3. The summed E-state index contributed by atoms with van der Waals surface area (Å²) < 4.78 is 11.4. The van der Waals surface area contributed by atoms with E-state index in [-0.39, 0.29) is 12.0 Å². The van der Waals surface area contributed by atoms with Crippen LogP contribution in [0.1, 0.15) is 23.2 Å². The topological polar surface area (TPSA) is 50.8 Å². The minimum atomic E-state index is -0.180. The number of benzene rings is 2. The lowest BCUT2D eigenvalue weighted by atomic mass is 10.1. The van der Waals surface area contributed by atoms with E-state index < -0.39 is 0 Å². The van der Waals surface area contributed by atoms with Gasteiger partial charge in [-0.25, -0.2) is 0 Å². The van der Waals surface area contributed by atoms with E-state index in [4.69, 9.17) is 9.47 Å². The average Bonchev–Trinajstić information content (AvgIpc) is 2.69. The first-order chi connectivity index (χ1) is 12.6. The molecule has 0 aromatic heterocycles. The standard InChI is InChI=1S/C20H23BrN2O3/c1-25-16-9-10-19(21)18(12-16)20(24)22-14-5-7-15(8-6-14)23-11-3-4-17(13-23)26-2/h5-10,12,17H,3-4,11,13H2,1-2H3,(H,22,24). The van der Waals surface area contributed by atoms with Crippen LogP contribution in [0.5, 0.6) is 5.75 Å². The number of hydrogen-bond acceptors (Lipinski definition) is 4. The fourth-order valence-corrected chi connectivity index (χ4v) is 3.55. The van der Waals surface area contributed by atoms with Crippen LogP contribution in [0.2, 0.25) is 0 Å². The van der Waals surface area contributed by atoms with E-state index in [2.05, 4.69) is 26.1 Å². The van der Waals surface area contributed by atoms with Crippen molar-refractivity contribution in [2.75, 3.05) is 37.5 Å². The Balaban J connectivity index is 1.68. The third-order valence-electron chi connectivity index (χ3n) is 4.62. The average molecular weight is 419 g/mol. The number of carbonyl (C=O) groups is 1. The lowest BCUT2D eigenvalue weighted by molar-refractivity contribution is 0.0893. The molecule has 6 heteroatoms. The van der Waals surface area contributed by atoms with Gasteiger partial charge in [0, 0.05) is 36.0 Å². The van der Waals surface area contributed by atoms with Crippen LogP contribution < -0.4 is 15.0 Å². The molecule has 0 aliphatic carbocycles. The molecule has 1 fully saturated rings. The molecule has 1 aliphatic heterocycles. The largest absolute Gasteiger partial charge is 0.497 e. The predicted molar refractivity (Wildman–Crippen MR) is 107 cm³/mol. The van der Waals surface area contributed by atoms with Gasteiger partial charge in [-0.2, -0.15) is 0 Å². The fraction of sp³-hybridized carbons (Fsp3) is 0.350. The zero-order valence-corrected chi connectivity index (χ0v) is 16.6. The summed E-state index contributed by atoms with van der Waals surface area (Å²) in [7, 11) is 3.35. The molecule has 0 saturated carbocycles. The number of hydrogen-bond donors (Lipinski definition) is 1. The van der Waals surface area contributed by atoms with E-state index in [1.807, 2.05) is 30.3 Å². The van der Waals surface area contributed by atoms with Crippen molar-refractivity contribution < 1.29 is 14.3 Å². The number of amides is 1. The van der Waals surface area contributed by atoms with Crippen molar-refractivity contribution in [1.82, 2.24) is 0 Å². The molecule has 138 valence electrons. The Morgan fingerprint density at radius 2 is 1.96 bits per heavy atom. The number of carbonyl (C=O) groups excluding carboxylic acids is 1. The zero-order valence-electron chi connectivity index (χ0n) is 15.0. The molecule has 26 heavy (non-hydrogen) atoms. The number of ether oxygens (including phenoxy) is 2. The van der Waals surface area contributed by atoms with Gasteiger partial charge in [-0.05, 0) is 71.2 Å². The lowest BCUT2D eigenvalue weighted by Crippen LogP contribution is -2.39. The van der Waals surface area contributed by atoms with Crippen LogP contribution in [0.3, 0.4) is 0 Å². The molecule has 1 aliphatic rings. The van der Waals surface area contributed by atoms with Gasteiger partial charge in [0.05, 0.1) is 18.8 Å². The van der Waals surface area contributed by atoms with Crippen molar-refractivity contribution in [3.05, 3.63) is 52.5 Å². The summed E-state index contributed by atoms with van der Waals surface area (Å²) in [4.78, 5) is 14.9. The zero-order chi connectivity index (χ0) is 18.5. The quantitative estimate of drug-likeness (QED) is 0.784. The smallest absolute Gasteiger partial charge is 0.256 e. The highest BCUT2D eigenvalue weighted by Gasteiger charge is 2.19. The van der Waals surface area contributed by atoms with Crippen molar-refractivity contribution in [3.8, 4) is 5.75 Å². The first-order valence-corrected chi connectivity index (χ1v) is 9.42. The van der Waals surface area contributed by atoms with E-state index >= 15 is 0 Å². The van der Waals surface area contributed by atoms with Crippen molar-refractivity contribution in [1.29, 1.82) is 0 Å². The third-order valence-corrected chi connectivity index (χ3v) is 5.31. The molecule has 1 heterocycles. The highest BCUT2D eigenvalue weighted by Crippen LogP contribution is 2.25. The van der Waals surface area contributed by atoms with Crippen molar-refractivity contribution in [2.45, 2.75) is 18.9 Å². The number of piperidine rings is 1. The van der Waals surface area contributed by atoms with Gasteiger partial charge in [-0.3, -0.25) is 4.79 Å². The van der Waals surface area contributed by atoms with Gasteiger partial charge >= 0.3 is 0 Å². The van der Waals surface area contributed by atoms with Crippen molar-refractivity contribution in [3.63, 3.8) is 0 Å². The molecule has 0 spiro atoms. The van der Waals surface area contributed by atoms with Crippen molar-refractivity contribution in [2.24, 2.45) is 0 Å². The maximum Gasteiger partial charge on any atom is 0.256 e. The lowest BCUT2D eigenvalue weighted by Gasteiger charge is -2.33. The first-order valence-electron chi connectivity index (χ1n) is 8.63. The van der Waals surface area contributed by atoms with Gasteiger partial charge in [0.1, 0.15) is 5.75 Å². The number of nitrogens with one attached hydrogen (secondary N) is 1. The molecule has 1 unspecified atom stereocenters. The molecule has 1 N–H and O–H groups in total. The van der Waals surface area contributed by atoms with E-state index in [0.717, 1.165) is 41.8 Å². The normalized spacial score (nSPS) is 17.0. The molecule has 1 atom stereocenters. The second-order valence-corrected chi connectivity index (χ2v) is 7.15. The molecule has 0 radical (unpaired) electrons. The Morgan fingerprint density at radius 3 is 2.65 bits per heavy atom. The molecule has 3 rings (SSSR count). The van der Waals surface area contributed by atoms with E-state index in [9.17, 15) is 4.79 Å². The summed E-state index contributed by atoms with van der Waals surface area (Å²) in [5, 5.41) is 2.93. The summed E-state index contributed by atoms with van der Waals surface area (Å²) in [5.74, 6) is 0.465. The number of nitrogens with zero attached hydrogens (tertiary/aromatic N) is 1. The summed E-state index contributed by atoms with van der Waals surface area (Å²) in [5.41, 5.74) is 2.44. The third kappa shape index (κ3) is 4.37. The number of anilines is 2. The van der Waals surface area contributed by atoms with E-state index in [0.29, 0.717) is 11.3 Å². The Labute approximate surface area is 162 Å². The Morgan fingerprint density at radius 1 is 1.19 bits per heavy atom. The van der Waals surface area contributed by atoms with Crippen LogP contribution >= 0.6 is 15.9 Å². The fourth-order valence-electron chi connectivity index (χ4n) is 3.12. The van der Waals surface area contributed by atoms with Crippen LogP contribution in [0, 0.1) is 0 Å². The van der Waals surface area contributed by atoms with Gasteiger partial charge in [-0.1, -0.05) is 0 Å². The number of methoxy groups -OCH3 is 2. The summed E-state index contributed by atoms with van der Waals surface area (Å²) in [6.45, 7) is 1.93. The van der Waals surface area contributed by atoms with Gasteiger partial charge in [0.15, 0.2) is 0 Å². The summed E-state index contributed by atoms with van der Waals surface area (Å²) >= 11 is 3.41. The second kappa shape index (κ2) is 8.56. The highest BCUT2D eigenvalue weighted by molar-refractivity contribution is 9.10. The van der Waals surface area contributed by atoms with Crippen LogP contribution in [-0.2, 0) is 4.74 Å². The minimum absolute atomic E-state index is 0.180. The van der Waals surface area contributed by atoms with Gasteiger partial charge < -0.3 is 19.7 Å². The number of halogens is 1. The van der Waals surface area contributed by atoms with Crippen LogP contribution in [-0.4, -0.2) is 39.3 Å². The number of rotatable bonds is 5. The Bertz CT molecular complexity index is 764. The van der Waals surface area contributed by atoms with E-state index in [1.165, 1.54) is 0 Å². The monoisotopic (exact) mass is 418 g/mol.